The van der Waals surface area contributed by atoms with Crippen LogP contribution in [0.2, 0.25) is 0 Å². The highest BCUT2D eigenvalue weighted by atomic mass is 32.2. The number of esters is 1. The van der Waals surface area contributed by atoms with Crippen molar-refractivity contribution in [1.29, 1.82) is 0 Å². The number of benzene rings is 1. The summed E-state index contributed by atoms with van der Waals surface area (Å²) in [4.78, 5) is 23.4. The molecule has 0 bridgehead atoms. The van der Waals surface area contributed by atoms with E-state index < -0.39 is 34.6 Å². The van der Waals surface area contributed by atoms with Gasteiger partial charge in [0.25, 0.3) is 0 Å². The molecule has 0 saturated carbocycles. The van der Waals surface area contributed by atoms with Gasteiger partial charge in [0.2, 0.25) is 10.0 Å². The van der Waals surface area contributed by atoms with E-state index in [4.69, 9.17) is 4.74 Å². The lowest BCUT2D eigenvalue weighted by atomic mass is 10.00. The second-order valence-corrected chi connectivity index (χ2v) is 8.07. The van der Waals surface area contributed by atoms with Gasteiger partial charge >= 0.3 is 18.1 Å². The zero-order chi connectivity index (χ0) is 20.9. The Bertz CT molecular complexity index is 840. The minimum Gasteiger partial charge on any atom is -0.465 e. The van der Waals surface area contributed by atoms with E-state index >= 15 is 0 Å². The van der Waals surface area contributed by atoms with E-state index in [1.54, 1.807) is 0 Å². The van der Waals surface area contributed by atoms with E-state index in [1.807, 2.05) is 6.92 Å². The molecule has 1 aromatic carbocycles. The second-order valence-electron chi connectivity index (χ2n) is 6.30. The Hall–Kier alpha value is -2.14. The van der Waals surface area contributed by atoms with Gasteiger partial charge in [-0.3, -0.25) is 9.59 Å². The number of halogens is 3. The van der Waals surface area contributed by atoms with Crippen LogP contribution in [0.25, 0.3) is 0 Å². The maximum atomic E-state index is 12.6. The van der Waals surface area contributed by atoms with Crippen molar-refractivity contribution in [1.82, 2.24) is 9.62 Å². The van der Waals surface area contributed by atoms with Crippen molar-refractivity contribution >= 4 is 21.9 Å². The van der Waals surface area contributed by atoms with Gasteiger partial charge in [0.05, 0.1) is 11.5 Å². The Morgan fingerprint density at radius 3 is 2.61 bits per heavy atom. The quantitative estimate of drug-likeness (QED) is 0.534. The van der Waals surface area contributed by atoms with Crippen LogP contribution in [0.4, 0.5) is 13.2 Å². The normalized spacial score (nSPS) is 14.5. The Labute approximate surface area is 160 Å². The molecule has 156 valence electrons. The highest BCUT2D eigenvalue weighted by Crippen LogP contribution is 2.26. The highest BCUT2D eigenvalue weighted by molar-refractivity contribution is 7.89. The third kappa shape index (κ3) is 5.68. The number of carbonyl (C=O) groups is 2. The molecule has 0 unspecified atom stereocenters. The van der Waals surface area contributed by atoms with E-state index in [1.165, 1.54) is 18.2 Å². The van der Waals surface area contributed by atoms with Crippen LogP contribution in [0, 0.1) is 0 Å². The van der Waals surface area contributed by atoms with Crippen molar-refractivity contribution in [3.05, 3.63) is 29.3 Å². The first-order valence-corrected chi connectivity index (χ1v) is 10.2. The summed E-state index contributed by atoms with van der Waals surface area (Å²) in [6.07, 6.45) is -3.31. The van der Waals surface area contributed by atoms with Gasteiger partial charge in [-0.25, -0.2) is 8.42 Å². The predicted molar refractivity (Wildman–Crippen MR) is 92.7 cm³/mol. The van der Waals surface area contributed by atoms with Crippen LogP contribution in [0.3, 0.4) is 0 Å². The van der Waals surface area contributed by atoms with Gasteiger partial charge in [0, 0.05) is 13.1 Å². The summed E-state index contributed by atoms with van der Waals surface area (Å²) in [5, 5.41) is 0. The fourth-order valence-electron chi connectivity index (χ4n) is 2.67. The summed E-state index contributed by atoms with van der Waals surface area (Å²) in [5.41, 5.74) is 0.987. The Morgan fingerprint density at radius 2 is 1.96 bits per heavy atom. The average molecular weight is 422 g/mol. The van der Waals surface area contributed by atoms with Gasteiger partial charge in [-0.2, -0.15) is 17.9 Å². The van der Waals surface area contributed by atoms with Crippen molar-refractivity contribution in [2.75, 3.05) is 19.7 Å². The lowest BCUT2D eigenvalue weighted by Crippen LogP contribution is -2.43. The molecule has 1 aliphatic rings. The molecule has 0 aromatic heterocycles. The summed E-state index contributed by atoms with van der Waals surface area (Å²) in [7, 11) is -4.06. The summed E-state index contributed by atoms with van der Waals surface area (Å²) in [5.74, 6) is -2.68. The molecule has 0 atom stereocenters. The summed E-state index contributed by atoms with van der Waals surface area (Å²) in [6, 6.07) is 4.03. The molecule has 1 aromatic rings. The Balaban J connectivity index is 2.08. The molecule has 11 heteroatoms. The maximum Gasteiger partial charge on any atom is 0.471 e. The molecule has 0 fully saturated rings. The van der Waals surface area contributed by atoms with Crippen LogP contribution in [-0.2, 0) is 37.3 Å². The minimum atomic E-state index is -4.99. The molecule has 1 aliphatic heterocycles. The van der Waals surface area contributed by atoms with E-state index in [-0.39, 0.29) is 31.0 Å². The lowest BCUT2D eigenvalue weighted by Gasteiger charge is -2.29. The predicted octanol–water partition coefficient (Wildman–Crippen LogP) is 1.76. The molecule has 0 aliphatic carbocycles. The number of nitrogens with zero attached hydrogens (tertiary/aromatic N) is 1. The molecule has 28 heavy (non-hydrogen) atoms. The minimum absolute atomic E-state index is 0.0979. The van der Waals surface area contributed by atoms with Crippen LogP contribution < -0.4 is 4.72 Å². The Kier molecular flexibility index (Phi) is 7.05. The van der Waals surface area contributed by atoms with Gasteiger partial charge in [-0.15, -0.1) is 0 Å². The van der Waals surface area contributed by atoms with E-state index in [0.29, 0.717) is 22.4 Å². The van der Waals surface area contributed by atoms with Gasteiger partial charge in [-0.05, 0) is 36.1 Å². The van der Waals surface area contributed by atoms with Crippen molar-refractivity contribution in [2.45, 2.75) is 43.8 Å². The smallest absolute Gasteiger partial charge is 0.465 e. The molecular formula is C17H21F3N2O5S. The number of hydrogen-bond donors (Lipinski definition) is 1. The van der Waals surface area contributed by atoms with E-state index in [0.717, 1.165) is 6.42 Å². The molecular weight excluding hydrogens is 401 g/mol. The molecule has 0 spiro atoms. The number of ether oxygens (including phenoxy) is 1. The summed E-state index contributed by atoms with van der Waals surface area (Å²) < 4.78 is 69.5. The molecule has 1 heterocycles. The number of amides is 1. The molecule has 0 saturated heterocycles. The first-order chi connectivity index (χ1) is 13.0. The SMILES string of the molecule is CCCCOC(=O)CNS(=O)(=O)c1ccc2c(c1)CN(C(=O)C(F)(F)F)CC2. The fourth-order valence-corrected chi connectivity index (χ4v) is 3.69. The number of nitrogens with one attached hydrogen (secondary N) is 1. The topological polar surface area (TPSA) is 92.8 Å². The van der Waals surface area contributed by atoms with Crippen molar-refractivity contribution in [2.24, 2.45) is 0 Å². The lowest BCUT2D eigenvalue weighted by molar-refractivity contribution is -0.186. The van der Waals surface area contributed by atoms with E-state index in [2.05, 4.69) is 4.72 Å². The Morgan fingerprint density at radius 1 is 1.25 bits per heavy atom. The number of sulfonamides is 1. The summed E-state index contributed by atoms with van der Waals surface area (Å²) in [6.45, 7) is 1.12. The molecule has 0 radical (unpaired) electrons. The monoisotopic (exact) mass is 422 g/mol. The fraction of sp³-hybridized carbons (Fsp3) is 0.529. The van der Waals surface area contributed by atoms with Crippen molar-refractivity contribution in [3.8, 4) is 0 Å². The molecule has 2 rings (SSSR count). The number of alkyl halides is 3. The van der Waals surface area contributed by atoms with Gasteiger partial charge in [-0.1, -0.05) is 19.4 Å². The van der Waals surface area contributed by atoms with Crippen LogP contribution >= 0.6 is 0 Å². The zero-order valence-electron chi connectivity index (χ0n) is 15.2. The molecule has 1 amide bonds. The third-order valence-corrected chi connectivity index (χ3v) is 5.60. The van der Waals surface area contributed by atoms with Crippen molar-refractivity contribution in [3.63, 3.8) is 0 Å². The highest BCUT2D eigenvalue weighted by Gasteiger charge is 2.43. The van der Waals surface area contributed by atoms with Crippen LogP contribution in [-0.4, -0.2) is 51.1 Å². The van der Waals surface area contributed by atoms with E-state index in [9.17, 15) is 31.2 Å². The number of carbonyl (C=O) groups excluding carboxylic acids is 2. The second kappa shape index (κ2) is 8.91. The zero-order valence-corrected chi connectivity index (χ0v) is 16.0. The standard InChI is InChI=1S/C17H21F3N2O5S/c1-2-3-8-27-15(23)10-21-28(25,26)14-5-4-12-6-7-22(11-13(12)9-14)16(24)17(18,19)20/h4-5,9,21H,2-3,6-8,10-11H2,1H3. The van der Waals surface area contributed by atoms with Crippen molar-refractivity contribution < 1.29 is 35.9 Å². The third-order valence-electron chi connectivity index (χ3n) is 4.20. The van der Waals surface area contributed by atoms with Gasteiger partial charge in [0.1, 0.15) is 6.54 Å². The van der Waals surface area contributed by atoms with Gasteiger partial charge in [0.15, 0.2) is 0 Å². The summed E-state index contributed by atoms with van der Waals surface area (Å²) >= 11 is 0. The van der Waals surface area contributed by atoms with Crippen LogP contribution in [0.15, 0.2) is 23.1 Å². The largest absolute Gasteiger partial charge is 0.471 e. The maximum absolute atomic E-state index is 12.6. The van der Waals surface area contributed by atoms with Crippen LogP contribution in [0.1, 0.15) is 30.9 Å². The molecule has 7 nitrogen and oxygen atoms in total. The van der Waals surface area contributed by atoms with Gasteiger partial charge < -0.3 is 9.64 Å². The number of fused-ring (bicyclic) bond motifs is 1. The first-order valence-electron chi connectivity index (χ1n) is 8.67. The average Bonchev–Trinajstić information content (AvgIpc) is 2.64. The first kappa shape index (κ1) is 22.2. The number of rotatable bonds is 7. The number of hydrogen-bond acceptors (Lipinski definition) is 5. The molecule has 1 N–H and O–H groups in total. The number of unbranched alkanes of at least 4 members (excludes halogenated alkanes) is 1. The van der Waals surface area contributed by atoms with Crippen LogP contribution in [0.5, 0.6) is 0 Å².